The number of para-hydroxylation sites is 1. The van der Waals surface area contributed by atoms with Gasteiger partial charge in [0, 0.05) is 23.7 Å². The minimum Gasteiger partial charge on any atom is -0.456 e. The molecule has 0 radical (unpaired) electrons. The number of amides is 1. The summed E-state index contributed by atoms with van der Waals surface area (Å²) in [7, 11) is 1.49. The Bertz CT molecular complexity index is 726. The van der Waals surface area contributed by atoms with Crippen LogP contribution in [0.25, 0.3) is 22.3 Å². The first-order chi connectivity index (χ1) is 10.3. The molecule has 1 N–H and O–H groups in total. The molecule has 3 aromatic rings. The van der Waals surface area contributed by atoms with Crippen LogP contribution in [0.5, 0.6) is 0 Å². The summed E-state index contributed by atoms with van der Waals surface area (Å²) in [5, 5.41) is 3.83. The summed E-state index contributed by atoms with van der Waals surface area (Å²) in [6.07, 6.45) is 0. The van der Waals surface area contributed by atoms with Crippen LogP contribution in [0.2, 0.25) is 0 Å². The third-order valence-electron chi connectivity index (χ3n) is 3.15. The van der Waals surface area contributed by atoms with Crippen molar-refractivity contribution in [3.63, 3.8) is 0 Å². The highest BCUT2D eigenvalue weighted by molar-refractivity contribution is 5.92. The summed E-state index contributed by atoms with van der Waals surface area (Å²) in [6.45, 7) is 0.0469. The molecular formula is C17H15NO3. The van der Waals surface area contributed by atoms with Gasteiger partial charge >= 0.3 is 0 Å². The summed E-state index contributed by atoms with van der Waals surface area (Å²) < 4.78 is 10.6. The fraction of sp³-hybridized carbons (Fsp3) is 0.118. The minimum absolute atomic E-state index is 0.0469. The average molecular weight is 281 g/mol. The summed E-state index contributed by atoms with van der Waals surface area (Å²) in [5.74, 6) is 0.639. The number of carbonyl (C=O) groups excluding carboxylic acids is 1. The molecule has 3 rings (SSSR count). The molecule has 1 aromatic heterocycles. The van der Waals surface area contributed by atoms with Crippen LogP contribution in [0.15, 0.2) is 59.0 Å². The van der Waals surface area contributed by atoms with E-state index < -0.39 is 0 Å². The lowest BCUT2D eigenvalue weighted by atomic mass is 10.1. The lowest BCUT2D eigenvalue weighted by Crippen LogP contribution is -2.16. The van der Waals surface area contributed by atoms with E-state index in [0.29, 0.717) is 0 Å². The topological polar surface area (TPSA) is 51.5 Å². The van der Waals surface area contributed by atoms with Crippen LogP contribution >= 0.6 is 0 Å². The van der Waals surface area contributed by atoms with Crippen molar-refractivity contribution in [3.8, 4) is 11.3 Å². The van der Waals surface area contributed by atoms with Crippen molar-refractivity contribution in [1.29, 1.82) is 0 Å². The Morgan fingerprint density at radius 2 is 1.90 bits per heavy atom. The predicted octanol–water partition coefficient (Wildman–Crippen LogP) is 3.68. The van der Waals surface area contributed by atoms with Gasteiger partial charge in [0.2, 0.25) is 5.91 Å². The molecule has 0 aliphatic rings. The van der Waals surface area contributed by atoms with E-state index in [-0.39, 0.29) is 12.5 Å². The summed E-state index contributed by atoms with van der Waals surface area (Å²) in [5.41, 5.74) is 2.57. The molecule has 0 aliphatic carbocycles. The number of anilines is 1. The number of furan rings is 1. The fourth-order valence-electron chi connectivity index (χ4n) is 2.17. The van der Waals surface area contributed by atoms with Gasteiger partial charge in [-0.1, -0.05) is 18.2 Å². The Morgan fingerprint density at radius 3 is 2.62 bits per heavy atom. The van der Waals surface area contributed by atoms with Gasteiger partial charge in [-0.05, 0) is 36.4 Å². The number of benzene rings is 2. The standard InChI is InChI=1S/C17H15NO3/c1-20-11-17(19)18-14-8-6-12(7-9-14)16-10-13-4-2-3-5-15(13)21-16/h2-10H,11H2,1H3,(H,18,19). The Kier molecular flexibility index (Phi) is 3.71. The van der Waals surface area contributed by atoms with Crippen LogP contribution in [0.1, 0.15) is 0 Å². The maximum absolute atomic E-state index is 11.4. The van der Waals surface area contributed by atoms with Gasteiger partial charge in [0.15, 0.2) is 0 Å². The second-order valence-electron chi connectivity index (χ2n) is 4.71. The van der Waals surface area contributed by atoms with E-state index in [0.717, 1.165) is 28.0 Å². The maximum Gasteiger partial charge on any atom is 0.250 e. The van der Waals surface area contributed by atoms with E-state index >= 15 is 0 Å². The van der Waals surface area contributed by atoms with Gasteiger partial charge in [0.25, 0.3) is 0 Å². The second kappa shape index (κ2) is 5.81. The Morgan fingerprint density at radius 1 is 1.14 bits per heavy atom. The number of fused-ring (bicyclic) bond motifs is 1. The van der Waals surface area contributed by atoms with Gasteiger partial charge in [-0.15, -0.1) is 0 Å². The molecule has 2 aromatic carbocycles. The van der Waals surface area contributed by atoms with E-state index in [9.17, 15) is 4.79 Å². The highest BCUT2D eigenvalue weighted by Crippen LogP contribution is 2.28. The quantitative estimate of drug-likeness (QED) is 0.793. The molecule has 1 amide bonds. The zero-order chi connectivity index (χ0) is 14.7. The van der Waals surface area contributed by atoms with Crippen molar-refractivity contribution >= 4 is 22.6 Å². The molecule has 0 spiro atoms. The van der Waals surface area contributed by atoms with Gasteiger partial charge in [-0.2, -0.15) is 0 Å². The van der Waals surface area contributed by atoms with Crippen LogP contribution in [-0.4, -0.2) is 19.6 Å². The van der Waals surface area contributed by atoms with Crippen LogP contribution in [0.3, 0.4) is 0 Å². The number of methoxy groups -OCH3 is 1. The van der Waals surface area contributed by atoms with Crippen molar-refractivity contribution in [3.05, 3.63) is 54.6 Å². The highest BCUT2D eigenvalue weighted by Gasteiger charge is 2.06. The van der Waals surface area contributed by atoms with E-state index in [1.54, 1.807) is 0 Å². The minimum atomic E-state index is -0.172. The number of nitrogens with one attached hydrogen (secondary N) is 1. The van der Waals surface area contributed by atoms with Gasteiger partial charge in [0.05, 0.1) is 0 Å². The molecule has 4 heteroatoms. The van der Waals surface area contributed by atoms with Crippen molar-refractivity contribution in [2.24, 2.45) is 0 Å². The number of ether oxygens (including phenoxy) is 1. The van der Waals surface area contributed by atoms with Crippen LogP contribution in [-0.2, 0) is 9.53 Å². The SMILES string of the molecule is COCC(=O)Nc1ccc(-c2cc3ccccc3o2)cc1. The van der Waals surface area contributed by atoms with Gasteiger partial charge in [-0.3, -0.25) is 4.79 Å². The van der Waals surface area contributed by atoms with Crippen LogP contribution < -0.4 is 5.32 Å². The lowest BCUT2D eigenvalue weighted by molar-refractivity contribution is -0.119. The number of carbonyl (C=O) groups is 1. The molecular weight excluding hydrogens is 266 g/mol. The van der Waals surface area contributed by atoms with Gasteiger partial charge in [0.1, 0.15) is 18.0 Å². The molecule has 0 fully saturated rings. The first-order valence-corrected chi connectivity index (χ1v) is 6.64. The smallest absolute Gasteiger partial charge is 0.250 e. The largest absolute Gasteiger partial charge is 0.456 e. The molecule has 0 saturated heterocycles. The first kappa shape index (κ1) is 13.4. The predicted molar refractivity (Wildman–Crippen MR) is 82.2 cm³/mol. The second-order valence-corrected chi connectivity index (χ2v) is 4.71. The van der Waals surface area contributed by atoms with E-state index in [1.165, 1.54) is 7.11 Å². The third-order valence-corrected chi connectivity index (χ3v) is 3.15. The highest BCUT2D eigenvalue weighted by atomic mass is 16.5. The third kappa shape index (κ3) is 2.95. The summed E-state index contributed by atoms with van der Waals surface area (Å²) in [4.78, 5) is 11.4. The maximum atomic E-state index is 11.4. The van der Waals surface area contributed by atoms with Gasteiger partial charge in [-0.25, -0.2) is 0 Å². The monoisotopic (exact) mass is 281 g/mol. The molecule has 0 atom stereocenters. The van der Waals surface area contributed by atoms with Gasteiger partial charge < -0.3 is 14.5 Å². The Labute approximate surface area is 122 Å². The van der Waals surface area contributed by atoms with E-state index in [4.69, 9.17) is 9.15 Å². The van der Waals surface area contributed by atoms with E-state index in [2.05, 4.69) is 5.32 Å². The molecule has 21 heavy (non-hydrogen) atoms. The lowest BCUT2D eigenvalue weighted by Gasteiger charge is -2.04. The normalized spacial score (nSPS) is 10.7. The fourth-order valence-corrected chi connectivity index (χ4v) is 2.17. The molecule has 0 saturated carbocycles. The molecule has 0 bridgehead atoms. The number of hydrogen-bond acceptors (Lipinski definition) is 3. The zero-order valence-corrected chi connectivity index (χ0v) is 11.6. The Hall–Kier alpha value is -2.59. The molecule has 0 aliphatic heterocycles. The number of hydrogen-bond donors (Lipinski definition) is 1. The van der Waals surface area contributed by atoms with Crippen molar-refractivity contribution in [1.82, 2.24) is 0 Å². The molecule has 1 heterocycles. The van der Waals surface area contributed by atoms with E-state index in [1.807, 2.05) is 54.6 Å². The number of rotatable bonds is 4. The van der Waals surface area contributed by atoms with Crippen LogP contribution in [0.4, 0.5) is 5.69 Å². The molecule has 106 valence electrons. The summed E-state index contributed by atoms with van der Waals surface area (Å²) in [6, 6.07) is 17.4. The average Bonchev–Trinajstić information content (AvgIpc) is 2.92. The molecule has 4 nitrogen and oxygen atoms in total. The molecule has 0 unspecified atom stereocenters. The first-order valence-electron chi connectivity index (χ1n) is 6.64. The zero-order valence-electron chi connectivity index (χ0n) is 11.6. The van der Waals surface area contributed by atoms with Crippen molar-refractivity contribution in [2.45, 2.75) is 0 Å². The Balaban J connectivity index is 1.81. The summed E-state index contributed by atoms with van der Waals surface area (Å²) >= 11 is 0. The van der Waals surface area contributed by atoms with Crippen molar-refractivity contribution < 1.29 is 13.9 Å². The van der Waals surface area contributed by atoms with Crippen LogP contribution in [0, 0.1) is 0 Å². The van der Waals surface area contributed by atoms with Crippen molar-refractivity contribution in [2.75, 3.05) is 19.0 Å².